The number of thiophene rings is 2. The summed E-state index contributed by atoms with van der Waals surface area (Å²) in [5.41, 5.74) is 14.5. The van der Waals surface area contributed by atoms with Crippen LogP contribution in [-0.4, -0.2) is 9.13 Å². The fourth-order valence-corrected chi connectivity index (χ4v) is 14.6. The molecule has 0 unspecified atom stereocenters. The van der Waals surface area contributed by atoms with E-state index in [1.165, 1.54) is 139 Å². The van der Waals surface area contributed by atoms with Gasteiger partial charge in [0.05, 0.1) is 31.5 Å². The maximum atomic E-state index is 2.54. The van der Waals surface area contributed by atoms with Crippen molar-refractivity contribution in [1.82, 2.24) is 9.13 Å². The van der Waals surface area contributed by atoms with Gasteiger partial charge in [0.2, 0.25) is 0 Å². The van der Waals surface area contributed by atoms with Crippen LogP contribution in [0.3, 0.4) is 0 Å². The summed E-state index contributed by atoms with van der Waals surface area (Å²) in [4.78, 5) is 0. The number of fused-ring (bicyclic) bond motifs is 20. The topological polar surface area (TPSA) is 9.86 Å². The zero-order valence-electron chi connectivity index (χ0n) is 38.8. The van der Waals surface area contributed by atoms with Crippen LogP contribution in [0.1, 0.15) is 0 Å². The van der Waals surface area contributed by atoms with Crippen LogP contribution < -0.4 is 0 Å². The van der Waals surface area contributed by atoms with Crippen molar-refractivity contribution in [2.24, 2.45) is 0 Å². The Balaban J connectivity index is 0.980. The third-order valence-electron chi connectivity index (χ3n) is 15.3. The fourth-order valence-electron chi connectivity index (χ4n) is 12.1. The molecule has 0 aliphatic carbocycles. The zero-order valence-corrected chi connectivity index (χ0v) is 40.4. The third kappa shape index (κ3) is 5.70. The van der Waals surface area contributed by atoms with Crippen molar-refractivity contribution in [3.8, 4) is 44.8 Å². The summed E-state index contributed by atoms with van der Waals surface area (Å²) in [6.45, 7) is 0. The number of hydrogen-bond acceptors (Lipinski definition) is 2. The third-order valence-corrected chi connectivity index (χ3v) is 17.6. The molecule has 0 aliphatic rings. The molecule has 0 N–H and O–H groups in total. The lowest BCUT2D eigenvalue weighted by molar-refractivity contribution is 1.19. The van der Waals surface area contributed by atoms with Gasteiger partial charge in [-0.25, -0.2) is 0 Å². The van der Waals surface area contributed by atoms with E-state index in [2.05, 4.69) is 252 Å². The molecule has 0 saturated heterocycles. The Morgan fingerprint density at radius 1 is 0.236 bits per heavy atom. The number of benzene rings is 12. The minimum Gasteiger partial charge on any atom is -0.308 e. The molecule has 0 amide bonds. The molecular weight excluding hydrogens is 909 g/mol. The predicted octanol–water partition coefficient (Wildman–Crippen LogP) is 19.9. The van der Waals surface area contributed by atoms with Crippen molar-refractivity contribution >= 4 is 128 Å². The lowest BCUT2D eigenvalue weighted by Gasteiger charge is -2.12. The van der Waals surface area contributed by atoms with Crippen molar-refractivity contribution in [1.29, 1.82) is 0 Å². The highest BCUT2D eigenvalue weighted by molar-refractivity contribution is 7.27. The van der Waals surface area contributed by atoms with Crippen LogP contribution in [0.5, 0.6) is 0 Å². The van der Waals surface area contributed by atoms with Crippen molar-refractivity contribution < 1.29 is 0 Å². The van der Waals surface area contributed by atoms with Gasteiger partial charge in [-0.15, -0.1) is 22.7 Å². The van der Waals surface area contributed by atoms with Gasteiger partial charge in [0.1, 0.15) is 0 Å². The average molecular weight is 949 g/mol. The van der Waals surface area contributed by atoms with E-state index in [0.717, 1.165) is 11.4 Å². The highest BCUT2D eigenvalue weighted by atomic mass is 32.1. The van der Waals surface area contributed by atoms with E-state index in [-0.39, 0.29) is 0 Å². The van der Waals surface area contributed by atoms with Crippen LogP contribution in [0, 0.1) is 0 Å². The summed E-state index contributed by atoms with van der Waals surface area (Å²) >= 11 is 3.83. The first-order chi connectivity index (χ1) is 35.7. The van der Waals surface area contributed by atoms with Crippen LogP contribution >= 0.6 is 22.7 Å². The molecule has 0 spiro atoms. The van der Waals surface area contributed by atoms with Gasteiger partial charge in [0.15, 0.2) is 0 Å². The number of nitrogens with zero attached hydrogens (tertiary/aromatic N) is 2. The largest absolute Gasteiger partial charge is 0.308 e. The summed E-state index contributed by atoms with van der Waals surface area (Å²) in [5, 5.41) is 15.5. The molecule has 334 valence electrons. The minimum absolute atomic E-state index is 1.15. The second-order valence-corrected chi connectivity index (χ2v) is 21.2. The average Bonchev–Trinajstić information content (AvgIpc) is 4.22. The first kappa shape index (κ1) is 40.0. The van der Waals surface area contributed by atoms with E-state index in [9.17, 15) is 0 Å². The minimum atomic E-state index is 1.15. The molecule has 12 aromatic carbocycles. The molecule has 0 aliphatic heterocycles. The van der Waals surface area contributed by atoms with E-state index in [4.69, 9.17) is 0 Å². The Morgan fingerprint density at radius 3 is 0.958 bits per heavy atom. The molecule has 72 heavy (non-hydrogen) atoms. The molecule has 16 rings (SSSR count). The van der Waals surface area contributed by atoms with Gasteiger partial charge in [-0.05, 0) is 116 Å². The highest BCUT2D eigenvalue weighted by Gasteiger charge is 2.25. The lowest BCUT2D eigenvalue weighted by Crippen LogP contribution is -1.94. The SMILES string of the molecule is c1ccc(-c2ccc(-n3c4ccc(-c5ccc6c(c5)c5c7ccccc7c7c8ccccc8sc7c5n6-c5ccc(-c6ccccc6)cc5)cc4c4c5ccccc5c5c6ccccc6sc5c43)cc2)cc1. The molecule has 0 fully saturated rings. The Morgan fingerprint density at radius 2 is 0.556 bits per heavy atom. The number of hydrogen-bond donors (Lipinski definition) is 0. The van der Waals surface area contributed by atoms with Gasteiger partial charge < -0.3 is 9.13 Å². The molecule has 4 heteroatoms. The Hall–Kier alpha value is -8.80. The standard InChI is InChI=1S/C68H40N2S2/c1-3-15-41(16-4-1)43-27-33-47(34-28-43)69-57-37-31-45(39-55(57)61-49-19-7-9-21-51(49)63-53-23-11-13-25-59(53)71-67(63)65(61)69)46-32-38-58-56(40-46)62-50-20-8-10-22-52(50)64-54-24-12-14-26-60(54)72-68(64)66(62)70(58)48-35-29-44(30-36-48)42-17-5-2-6-18-42/h1-40H. The summed E-state index contributed by atoms with van der Waals surface area (Å²) < 4.78 is 10.3. The van der Waals surface area contributed by atoms with E-state index >= 15 is 0 Å². The summed E-state index contributed by atoms with van der Waals surface area (Å²) in [7, 11) is 0. The Labute approximate surface area is 422 Å². The number of aromatic nitrogens is 2. The van der Waals surface area contributed by atoms with Gasteiger partial charge in [0, 0.05) is 63.9 Å². The van der Waals surface area contributed by atoms with E-state index < -0.39 is 0 Å². The second kappa shape index (κ2) is 15.3. The first-order valence-corrected chi connectivity index (χ1v) is 26.3. The fraction of sp³-hybridized carbons (Fsp3) is 0. The smallest absolute Gasteiger partial charge is 0.0726 e. The molecule has 4 aromatic heterocycles. The molecule has 0 saturated carbocycles. The van der Waals surface area contributed by atoms with Crippen LogP contribution in [0.15, 0.2) is 243 Å². The predicted molar refractivity (Wildman–Crippen MR) is 312 cm³/mol. The molecule has 0 radical (unpaired) electrons. The van der Waals surface area contributed by atoms with Gasteiger partial charge in [-0.2, -0.15) is 0 Å². The van der Waals surface area contributed by atoms with Gasteiger partial charge in [-0.3, -0.25) is 0 Å². The number of rotatable bonds is 5. The lowest BCUT2D eigenvalue weighted by atomic mass is 9.96. The van der Waals surface area contributed by atoms with Gasteiger partial charge in [0.25, 0.3) is 0 Å². The molecule has 16 aromatic rings. The maximum absolute atomic E-state index is 2.54. The van der Waals surface area contributed by atoms with Crippen LogP contribution in [0.2, 0.25) is 0 Å². The van der Waals surface area contributed by atoms with Crippen molar-refractivity contribution in [3.05, 3.63) is 243 Å². The highest BCUT2D eigenvalue weighted by Crippen LogP contribution is 2.51. The van der Waals surface area contributed by atoms with E-state index in [1.54, 1.807) is 0 Å². The Kier molecular flexibility index (Phi) is 8.52. The van der Waals surface area contributed by atoms with Gasteiger partial charge >= 0.3 is 0 Å². The quantitative estimate of drug-likeness (QED) is 0.163. The second-order valence-electron chi connectivity index (χ2n) is 19.1. The summed E-state index contributed by atoms with van der Waals surface area (Å²) in [6.07, 6.45) is 0. The monoisotopic (exact) mass is 948 g/mol. The van der Waals surface area contributed by atoms with Gasteiger partial charge in [-0.1, -0.05) is 182 Å². The van der Waals surface area contributed by atoms with Crippen molar-refractivity contribution in [3.63, 3.8) is 0 Å². The van der Waals surface area contributed by atoms with E-state index in [1.807, 2.05) is 22.7 Å². The van der Waals surface area contributed by atoms with Crippen LogP contribution in [-0.2, 0) is 0 Å². The zero-order chi connectivity index (χ0) is 47.0. The molecule has 4 heterocycles. The molecule has 0 bridgehead atoms. The molecular formula is C68H40N2S2. The maximum Gasteiger partial charge on any atom is 0.0726 e. The van der Waals surface area contributed by atoms with Crippen LogP contribution in [0.25, 0.3) is 150 Å². The first-order valence-electron chi connectivity index (χ1n) is 24.7. The molecule has 0 atom stereocenters. The van der Waals surface area contributed by atoms with Crippen molar-refractivity contribution in [2.45, 2.75) is 0 Å². The van der Waals surface area contributed by atoms with Crippen LogP contribution in [0.4, 0.5) is 0 Å². The molecule has 2 nitrogen and oxygen atoms in total. The van der Waals surface area contributed by atoms with Crippen molar-refractivity contribution in [2.75, 3.05) is 0 Å². The summed E-state index contributed by atoms with van der Waals surface area (Å²) in [5.74, 6) is 0. The Bertz CT molecular complexity index is 4570. The van der Waals surface area contributed by atoms with E-state index in [0.29, 0.717) is 0 Å². The summed E-state index contributed by atoms with van der Waals surface area (Å²) in [6, 6.07) is 90.1. The normalized spacial score (nSPS) is 12.2.